The molecule has 0 fully saturated rings. The molecule has 2 heterocycles. The first-order chi connectivity index (χ1) is 11.7. The number of aromatic nitrogens is 4. The van der Waals surface area contributed by atoms with Gasteiger partial charge in [0.05, 0.1) is 6.20 Å². The lowest BCUT2D eigenvalue weighted by Crippen LogP contribution is -2.10. The number of hydrogen-bond acceptors (Lipinski definition) is 6. The first kappa shape index (κ1) is 21.1. The Bertz CT molecular complexity index is 524. The Morgan fingerprint density at radius 2 is 1.50 bits per heavy atom. The maximum absolute atomic E-state index is 10.8. The highest BCUT2D eigenvalue weighted by atomic mass is 16.2. The van der Waals surface area contributed by atoms with E-state index in [1.807, 2.05) is 13.8 Å². The number of anilines is 2. The molecule has 0 aliphatic rings. The molecule has 2 N–H and O–H groups in total. The number of carbonyl (C=O) groups excluding carboxylic acids is 2. The molecule has 2 amide bonds. The molecule has 0 spiro atoms. The second-order valence-electron chi connectivity index (χ2n) is 3.99. The van der Waals surface area contributed by atoms with E-state index in [0.29, 0.717) is 24.5 Å². The van der Waals surface area contributed by atoms with E-state index in [9.17, 15) is 9.59 Å². The van der Waals surface area contributed by atoms with Gasteiger partial charge in [-0.15, -0.1) is 0 Å². The van der Waals surface area contributed by atoms with Gasteiger partial charge in [-0.05, 0) is 6.07 Å². The van der Waals surface area contributed by atoms with Crippen LogP contribution in [0.3, 0.4) is 0 Å². The van der Waals surface area contributed by atoms with E-state index in [4.69, 9.17) is 0 Å². The van der Waals surface area contributed by atoms with Crippen molar-refractivity contribution < 1.29 is 9.59 Å². The molecule has 0 radical (unpaired) electrons. The van der Waals surface area contributed by atoms with Gasteiger partial charge in [-0.3, -0.25) is 14.6 Å². The lowest BCUT2D eigenvalue weighted by atomic mass is 10.4. The van der Waals surface area contributed by atoms with Gasteiger partial charge in [0.1, 0.15) is 12.1 Å². The minimum absolute atomic E-state index is 0.0382. The van der Waals surface area contributed by atoms with Crippen LogP contribution >= 0.6 is 0 Å². The van der Waals surface area contributed by atoms with Crippen molar-refractivity contribution in [1.29, 1.82) is 0 Å². The summed E-state index contributed by atoms with van der Waals surface area (Å²) in [5, 5.41) is 5.18. The average Bonchev–Trinajstić information content (AvgIpc) is 2.65. The fraction of sp³-hybridized carbons (Fsp3) is 0.375. The highest BCUT2D eigenvalue weighted by molar-refractivity contribution is 5.89. The first-order valence-electron chi connectivity index (χ1n) is 7.77. The molecule has 0 aromatic carbocycles. The minimum Gasteiger partial charge on any atom is -0.311 e. The monoisotopic (exact) mass is 332 g/mol. The second kappa shape index (κ2) is 13.7. The molecule has 8 nitrogen and oxygen atoms in total. The molecule has 2 aromatic rings. The van der Waals surface area contributed by atoms with Crippen molar-refractivity contribution in [3.63, 3.8) is 0 Å². The summed E-state index contributed by atoms with van der Waals surface area (Å²) in [6, 6.07) is 1.65. The second-order valence-corrected chi connectivity index (χ2v) is 3.99. The minimum atomic E-state index is -0.0505. The summed E-state index contributed by atoms with van der Waals surface area (Å²) < 4.78 is 0. The van der Waals surface area contributed by atoms with Crippen LogP contribution in [0.1, 0.15) is 40.5 Å². The molecule has 0 atom stereocenters. The predicted molar refractivity (Wildman–Crippen MR) is 93.3 cm³/mol. The van der Waals surface area contributed by atoms with Gasteiger partial charge in [-0.2, -0.15) is 0 Å². The van der Waals surface area contributed by atoms with E-state index in [0.717, 1.165) is 0 Å². The molecule has 0 aliphatic heterocycles. The van der Waals surface area contributed by atoms with Crippen molar-refractivity contribution >= 4 is 23.5 Å². The zero-order chi connectivity index (χ0) is 18.2. The molecule has 0 saturated heterocycles. The number of hydrogen-bond donors (Lipinski definition) is 2. The normalized spacial score (nSPS) is 8.67. The van der Waals surface area contributed by atoms with E-state index in [-0.39, 0.29) is 11.8 Å². The van der Waals surface area contributed by atoms with Gasteiger partial charge in [0.2, 0.25) is 11.8 Å². The Morgan fingerprint density at radius 1 is 0.875 bits per heavy atom. The van der Waals surface area contributed by atoms with Gasteiger partial charge in [-0.25, -0.2) is 15.0 Å². The van der Waals surface area contributed by atoms with Crippen molar-refractivity contribution in [2.75, 3.05) is 10.6 Å². The maximum atomic E-state index is 10.8. The van der Waals surface area contributed by atoms with Crippen LogP contribution < -0.4 is 10.6 Å². The summed E-state index contributed by atoms with van der Waals surface area (Å²) in [5.41, 5.74) is 0. The average molecular weight is 332 g/mol. The van der Waals surface area contributed by atoms with Gasteiger partial charge in [0.15, 0.2) is 5.82 Å². The highest BCUT2D eigenvalue weighted by Gasteiger charge is 1.98. The fourth-order valence-corrected chi connectivity index (χ4v) is 1.19. The lowest BCUT2D eigenvalue weighted by Gasteiger charge is -1.99. The molecule has 2 rings (SSSR count). The molecule has 24 heavy (non-hydrogen) atoms. The number of rotatable bonds is 4. The molecular weight excluding hydrogens is 308 g/mol. The van der Waals surface area contributed by atoms with Crippen molar-refractivity contribution in [1.82, 2.24) is 19.9 Å². The van der Waals surface area contributed by atoms with Crippen molar-refractivity contribution in [2.45, 2.75) is 40.5 Å². The standard InChI is InChI=1S/2C7H9N3O.C2H6/c1-2-7(11)10-6-5-8-3-4-9-6;1-2-7(11)10-6-3-4-8-5-9-6;1-2/h3-5H,2H2,1H3,(H,9,10,11);3-5H,2H2,1H3,(H,8,9,10,11);1-2H3. The summed E-state index contributed by atoms with van der Waals surface area (Å²) in [5.74, 6) is 0.959. The molecule has 0 bridgehead atoms. The molecule has 2 aromatic heterocycles. The van der Waals surface area contributed by atoms with Crippen LogP contribution in [0.4, 0.5) is 11.6 Å². The summed E-state index contributed by atoms with van der Waals surface area (Å²) in [4.78, 5) is 36.8. The van der Waals surface area contributed by atoms with Crippen LogP contribution in [-0.4, -0.2) is 31.8 Å². The Kier molecular flexibility index (Phi) is 12.1. The fourth-order valence-electron chi connectivity index (χ4n) is 1.19. The summed E-state index contributed by atoms with van der Waals surface area (Å²) in [6.07, 6.45) is 8.49. The van der Waals surface area contributed by atoms with Gasteiger partial charge < -0.3 is 10.6 Å². The van der Waals surface area contributed by atoms with Crippen molar-refractivity contribution in [2.24, 2.45) is 0 Å². The summed E-state index contributed by atoms with van der Waals surface area (Å²) in [6.45, 7) is 7.57. The lowest BCUT2D eigenvalue weighted by molar-refractivity contribution is -0.116. The zero-order valence-corrected chi connectivity index (χ0v) is 14.5. The van der Waals surface area contributed by atoms with Crippen molar-refractivity contribution in [3.05, 3.63) is 37.2 Å². The Balaban J connectivity index is 0.000000400. The van der Waals surface area contributed by atoms with E-state index in [2.05, 4.69) is 30.6 Å². The van der Waals surface area contributed by atoms with E-state index in [1.54, 1.807) is 32.3 Å². The van der Waals surface area contributed by atoms with E-state index in [1.165, 1.54) is 18.7 Å². The van der Waals surface area contributed by atoms with E-state index >= 15 is 0 Å². The van der Waals surface area contributed by atoms with Crippen LogP contribution in [0.15, 0.2) is 37.2 Å². The molecule has 0 unspecified atom stereocenters. The van der Waals surface area contributed by atoms with Crippen LogP contribution in [-0.2, 0) is 9.59 Å². The first-order valence-corrected chi connectivity index (χ1v) is 7.77. The SMILES string of the molecule is CC.CCC(=O)Nc1ccncn1.CCC(=O)Nc1cnccn1. The number of amides is 2. The largest absolute Gasteiger partial charge is 0.311 e. The Hall–Kier alpha value is -2.90. The number of nitrogens with one attached hydrogen (secondary N) is 2. The Morgan fingerprint density at radius 3 is 1.96 bits per heavy atom. The molecule has 0 aliphatic carbocycles. The van der Waals surface area contributed by atoms with E-state index < -0.39 is 0 Å². The van der Waals surface area contributed by atoms with Gasteiger partial charge in [-0.1, -0.05) is 27.7 Å². The van der Waals surface area contributed by atoms with Crippen molar-refractivity contribution in [3.8, 4) is 0 Å². The summed E-state index contributed by atoms with van der Waals surface area (Å²) >= 11 is 0. The van der Waals surface area contributed by atoms with Gasteiger partial charge >= 0.3 is 0 Å². The number of nitrogens with zero attached hydrogens (tertiary/aromatic N) is 4. The van der Waals surface area contributed by atoms with Crippen LogP contribution in [0.2, 0.25) is 0 Å². The third kappa shape index (κ3) is 9.93. The van der Waals surface area contributed by atoms with Crippen LogP contribution in [0.25, 0.3) is 0 Å². The molecule has 130 valence electrons. The molecule has 0 saturated carbocycles. The van der Waals surface area contributed by atoms with Crippen LogP contribution in [0.5, 0.6) is 0 Å². The topological polar surface area (TPSA) is 110 Å². The maximum Gasteiger partial charge on any atom is 0.225 e. The smallest absolute Gasteiger partial charge is 0.225 e. The highest BCUT2D eigenvalue weighted by Crippen LogP contribution is 1.98. The Labute approximate surface area is 142 Å². The summed E-state index contributed by atoms with van der Waals surface area (Å²) in [7, 11) is 0. The third-order valence-corrected chi connectivity index (χ3v) is 2.32. The van der Waals surface area contributed by atoms with Crippen LogP contribution in [0, 0.1) is 0 Å². The van der Waals surface area contributed by atoms with Gasteiger partial charge in [0.25, 0.3) is 0 Å². The predicted octanol–water partition coefficient (Wildman–Crippen LogP) is 2.68. The number of carbonyl (C=O) groups is 2. The molecule has 8 heteroatoms. The quantitative estimate of drug-likeness (QED) is 0.890. The zero-order valence-electron chi connectivity index (χ0n) is 14.5. The van der Waals surface area contributed by atoms with Gasteiger partial charge in [0, 0.05) is 31.4 Å². The third-order valence-electron chi connectivity index (χ3n) is 2.32. The molecular formula is C16H24N6O2.